The number of hydrogen-bond acceptors (Lipinski definition) is 4. The molecule has 2 unspecified atom stereocenters. The quantitative estimate of drug-likeness (QED) is 0.780. The average molecular weight is 270 g/mol. The first-order valence-electron chi connectivity index (χ1n) is 6.94. The molecule has 19 heavy (non-hydrogen) atoms. The average Bonchev–Trinajstić information content (AvgIpc) is 2.41. The SMILES string of the molecule is CCN1CCCC(CN2C(=O)COCC2C(=O)O)C1. The fourth-order valence-corrected chi connectivity index (χ4v) is 2.90. The van der Waals surface area contributed by atoms with E-state index in [0.29, 0.717) is 12.5 Å². The summed E-state index contributed by atoms with van der Waals surface area (Å²) in [4.78, 5) is 26.9. The van der Waals surface area contributed by atoms with Gasteiger partial charge in [-0.1, -0.05) is 6.92 Å². The van der Waals surface area contributed by atoms with Crippen molar-refractivity contribution >= 4 is 11.9 Å². The standard InChI is InChI=1S/C13H22N2O4/c1-2-14-5-3-4-10(6-14)7-15-11(13(17)18)8-19-9-12(15)16/h10-11H,2-9H2,1H3,(H,17,18). The Bertz CT molecular complexity index is 348. The van der Waals surface area contributed by atoms with Crippen molar-refractivity contribution in [3.8, 4) is 0 Å². The van der Waals surface area contributed by atoms with E-state index in [9.17, 15) is 9.59 Å². The van der Waals surface area contributed by atoms with Crippen LogP contribution in [0.4, 0.5) is 0 Å². The first-order valence-corrected chi connectivity index (χ1v) is 6.94. The molecule has 1 N–H and O–H groups in total. The monoisotopic (exact) mass is 270 g/mol. The van der Waals surface area contributed by atoms with Gasteiger partial charge in [-0.25, -0.2) is 4.79 Å². The summed E-state index contributed by atoms with van der Waals surface area (Å²) in [6.07, 6.45) is 2.18. The molecule has 0 saturated carbocycles. The van der Waals surface area contributed by atoms with E-state index in [4.69, 9.17) is 9.84 Å². The van der Waals surface area contributed by atoms with Crippen LogP contribution >= 0.6 is 0 Å². The number of piperidine rings is 1. The van der Waals surface area contributed by atoms with Gasteiger partial charge in [0.05, 0.1) is 6.61 Å². The van der Waals surface area contributed by atoms with Crippen LogP contribution in [0.3, 0.4) is 0 Å². The number of rotatable bonds is 4. The third-order valence-corrected chi connectivity index (χ3v) is 3.99. The lowest BCUT2D eigenvalue weighted by atomic mass is 9.96. The van der Waals surface area contributed by atoms with Crippen molar-refractivity contribution in [3.63, 3.8) is 0 Å². The number of amides is 1. The first-order chi connectivity index (χ1) is 9.11. The van der Waals surface area contributed by atoms with Gasteiger partial charge in [0.15, 0.2) is 6.04 Å². The molecular weight excluding hydrogens is 248 g/mol. The molecule has 6 heteroatoms. The Labute approximate surface area is 113 Å². The van der Waals surface area contributed by atoms with Crippen molar-refractivity contribution in [3.05, 3.63) is 0 Å². The molecule has 108 valence electrons. The Morgan fingerprint density at radius 1 is 1.53 bits per heavy atom. The molecule has 1 amide bonds. The third kappa shape index (κ3) is 3.45. The second-order valence-corrected chi connectivity index (χ2v) is 5.32. The van der Waals surface area contributed by atoms with Crippen molar-refractivity contribution in [2.75, 3.05) is 39.4 Å². The summed E-state index contributed by atoms with van der Waals surface area (Å²) in [7, 11) is 0. The highest BCUT2D eigenvalue weighted by molar-refractivity contribution is 5.85. The zero-order valence-electron chi connectivity index (χ0n) is 11.4. The van der Waals surface area contributed by atoms with Crippen molar-refractivity contribution in [1.29, 1.82) is 0 Å². The molecule has 0 radical (unpaired) electrons. The summed E-state index contributed by atoms with van der Waals surface area (Å²) in [6, 6.07) is -0.821. The minimum absolute atomic E-state index is 0.00793. The smallest absolute Gasteiger partial charge is 0.328 e. The van der Waals surface area contributed by atoms with Gasteiger partial charge >= 0.3 is 5.97 Å². The van der Waals surface area contributed by atoms with Crippen molar-refractivity contribution in [2.24, 2.45) is 5.92 Å². The van der Waals surface area contributed by atoms with Gasteiger partial charge in [-0.15, -0.1) is 0 Å². The first kappa shape index (κ1) is 14.3. The van der Waals surface area contributed by atoms with Crippen molar-refractivity contribution in [2.45, 2.75) is 25.8 Å². The maximum absolute atomic E-state index is 11.9. The summed E-state index contributed by atoms with van der Waals surface area (Å²) >= 11 is 0. The topological polar surface area (TPSA) is 70.1 Å². The van der Waals surface area contributed by atoms with Gasteiger partial charge < -0.3 is 19.6 Å². The molecular formula is C13H22N2O4. The number of hydrogen-bond donors (Lipinski definition) is 1. The minimum atomic E-state index is -0.976. The highest BCUT2D eigenvalue weighted by Crippen LogP contribution is 2.20. The molecule has 0 aromatic rings. The molecule has 0 spiro atoms. The molecule has 2 fully saturated rings. The lowest BCUT2D eigenvalue weighted by Gasteiger charge is -2.38. The number of carbonyl (C=O) groups excluding carboxylic acids is 1. The Morgan fingerprint density at radius 3 is 3.00 bits per heavy atom. The number of nitrogens with zero attached hydrogens (tertiary/aromatic N) is 2. The van der Waals surface area contributed by atoms with Crippen LogP contribution in [0.5, 0.6) is 0 Å². The van der Waals surface area contributed by atoms with Gasteiger partial charge in [-0.2, -0.15) is 0 Å². The third-order valence-electron chi connectivity index (χ3n) is 3.99. The summed E-state index contributed by atoms with van der Waals surface area (Å²) in [6.45, 7) is 5.84. The van der Waals surface area contributed by atoms with Crippen molar-refractivity contribution in [1.82, 2.24) is 9.80 Å². The normalized spacial score (nSPS) is 29.5. The maximum Gasteiger partial charge on any atom is 0.328 e. The van der Waals surface area contributed by atoms with Crippen LogP contribution in [-0.4, -0.2) is 72.2 Å². The number of morpholine rings is 1. The molecule has 0 bridgehead atoms. The second-order valence-electron chi connectivity index (χ2n) is 5.32. The molecule has 0 aliphatic carbocycles. The number of carboxylic acids is 1. The van der Waals surface area contributed by atoms with Crippen molar-refractivity contribution < 1.29 is 19.4 Å². The van der Waals surface area contributed by atoms with E-state index in [1.807, 2.05) is 0 Å². The molecule has 6 nitrogen and oxygen atoms in total. The highest BCUT2D eigenvalue weighted by Gasteiger charge is 2.35. The van der Waals surface area contributed by atoms with Gasteiger partial charge in [-0.3, -0.25) is 4.79 Å². The van der Waals surface area contributed by atoms with Gasteiger partial charge in [0.2, 0.25) is 5.91 Å². The van der Waals surface area contributed by atoms with Crippen LogP contribution in [0.2, 0.25) is 0 Å². The maximum atomic E-state index is 11.9. The molecule has 2 saturated heterocycles. The number of likely N-dealkylation sites (tertiary alicyclic amines) is 1. The summed E-state index contributed by atoms with van der Waals surface area (Å²) < 4.78 is 5.03. The van der Waals surface area contributed by atoms with Crippen LogP contribution in [0.15, 0.2) is 0 Å². The Balaban J connectivity index is 1.98. The van der Waals surface area contributed by atoms with E-state index in [1.165, 1.54) is 4.90 Å². The Hall–Kier alpha value is -1.14. The van der Waals surface area contributed by atoms with Crippen LogP contribution < -0.4 is 0 Å². The predicted molar refractivity (Wildman–Crippen MR) is 68.8 cm³/mol. The molecule has 2 aliphatic rings. The lowest BCUT2D eigenvalue weighted by Crippen LogP contribution is -2.55. The molecule has 2 rings (SSSR count). The van der Waals surface area contributed by atoms with E-state index < -0.39 is 12.0 Å². The molecule has 2 aliphatic heterocycles. The Morgan fingerprint density at radius 2 is 2.32 bits per heavy atom. The fourth-order valence-electron chi connectivity index (χ4n) is 2.90. The molecule has 2 atom stereocenters. The van der Waals surface area contributed by atoms with Gasteiger partial charge in [-0.05, 0) is 31.8 Å². The molecule has 0 aromatic heterocycles. The van der Waals surface area contributed by atoms with E-state index >= 15 is 0 Å². The number of aliphatic carboxylic acids is 1. The van der Waals surface area contributed by atoms with Crippen LogP contribution in [0, 0.1) is 5.92 Å². The van der Waals surface area contributed by atoms with E-state index in [0.717, 1.165) is 32.5 Å². The largest absolute Gasteiger partial charge is 0.480 e. The van der Waals surface area contributed by atoms with Crippen LogP contribution in [0.1, 0.15) is 19.8 Å². The molecule has 0 aromatic carbocycles. The van der Waals surface area contributed by atoms with Gasteiger partial charge in [0.1, 0.15) is 6.61 Å². The number of carboxylic acid groups (broad SMARTS) is 1. The zero-order valence-corrected chi connectivity index (χ0v) is 11.4. The second kappa shape index (κ2) is 6.34. The summed E-state index contributed by atoms with van der Waals surface area (Å²) in [5.41, 5.74) is 0. The fraction of sp³-hybridized carbons (Fsp3) is 0.846. The summed E-state index contributed by atoms with van der Waals surface area (Å²) in [5.74, 6) is -0.805. The highest BCUT2D eigenvalue weighted by atomic mass is 16.5. The lowest BCUT2D eigenvalue weighted by molar-refractivity contribution is -0.163. The van der Waals surface area contributed by atoms with Gasteiger partial charge in [0.25, 0.3) is 0 Å². The van der Waals surface area contributed by atoms with Crippen LogP contribution in [0.25, 0.3) is 0 Å². The van der Waals surface area contributed by atoms with Crippen LogP contribution in [-0.2, 0) is 14.3 Å². The predicted octanol–water partition coefficient (Wildman–Crippen LogP) is 0.0303. The van der Waals surface area contributed by atoms with E-state index in [2.05, 4.69) is 11.8 Å². The zero-order chi connectivity index (χ0) is 13.8. The van der Waals surface area contributed by atoms with E-state index in [-0.39, 0.29) is 19.1 Å². The minimum Gasteiger partial charge on any atom is -0.480 e. The number of carbonyl (C=O) groups is 2. The summed E-state index contributed by atoms with van der Waals surface area (Å²) in [5, 5.41) is 9.17. The number of ether oxygens (including phenoxy) is 1. The van der Waals surface area contributed by atoms with Gasteiger partial charge in [0, 0.05) is 13.1 Å². The Kier molecular flexibility index (Phi) is 4.76. The van der Waals surface area contributed by atoms with E-state index in [1.54, 1.807) is 0 Å². The molecule has 2 heterocycles.